The molecule has 1 amide bonds. The van der Waals surface area contributed by atoms with E-state index in [9.17, 15) is 4.79 Å². The molecule has 0 aliphatic carbocycles. The smallest absolute Gasteiger partial charge is 0.236 e. The van der Waals surface area contributed by atoms with E-state index in [0.717, 1.165) is 39.0 Å². The highest BCUT2D eigenvalue weighted by Crippen LogP contribution is 2.16. The van der Waals surface area contributed by atoms with Crippen molar-refractivity contribution in [1.82, 2.24) is 15.1 Å². The van der Waals surface area contributed by atoms with E-state index in [0.29, 0.717) is 19.1 Å². The van der Waals surface area contributed by atoms with E-state index in [-0.39, 0.29) is 5.91 Å². The zero-order chi connectivity index (χ0) is 13.4. The molecule has 0 aromatic carbocycles. The highest BCUT2D eigenvalue weighted by molar-refractivity contribution is 5.78. The summed E-state index contributed by atoms with van der Waals surface area (Å²) in [5.41, 5.74) is 0. The molecule has 1 saturated heterocycles. The Hall–Kier alpha value is -0.870. The fourth-order valence-electron chi connectivity index (χ4n) is 2.61. The van der Waals surface area contributed by atoms with Gasteiger partial charge >= 0.3 is 0 Å². The first-order valence-electron chi connectivity index (χ1n) is 7.06. The molecule has 0 bridgehead atoms. The van der Waals surface area contributed by atoms with Crippen molar-refractivity contribution < 1.29 is 4.79 Å². The summed E-state index contributed by atoms with van der Waals surface area (Å²) in [4.78, 5) is 16.4. The van der Waals surface area contributed by atoms with Crippen LogP contribution < -0.4 is 5.32 Å². The summed E-state index contributed by atoms with van der Waals surface area (Å²) < 4.78 is 0. The van der Waals surface area contributed by atoms with Crippen LogP contribution in [-0.4, -0.2) is 61.0 Å². The average Bonchev–Trinajstić information content (AvgIpc) is 2.41. The monoisotopic (exact) mass is 253 g/mol. The van der Waals surface area contributed by atoms with Gasteiger partial charge in [-0.15, -0.1) is 6.58 Å². The van der Waals surface area contributed by atoms with Crippen LogP contribution in [0.3, 0.4) is 0 Å². The SMILES string of the molecule is C=CCNCC(=O)N1CCC(N(CC)CC)CC1. The molecule has 0 atom stereocenters. The highest BCUT2D eigenvalue weighted by atomic mass is 16.2. The normalized spacial score (nSPS) is 17.2. The predicted molar refractivity (Wildman–Crippen MR) is 75.6 cm³/mol. The van der Waals surface area contributed by atoms with Gasteiger partial charge in [-0.1, -0.05) is 19.9 Å². The van der Waals surface area contributed by atoms with Crippen molar-refractivity contribution in [1.29, 1.82) is 0 Å². The third-order valence-corrected chi connectivity index (χ3v) is 3.71. The number of nitrogens with one attached hydrogen (secondary N) is 1. The van der Waals surface area contributed by atoms with Gasteiger partial charge in [0.2, 0.25) is 5.91 Å². The number of likely N-dealkylation sites (tertiary alicyclic amines) is 1. The number of hydrogen-bond acceptors (Lipinski definition) is 3. The summed E-state index contributed by atoms with van der Waals surface area (Å²) in [5.74, 6) is 0.217. The van der Waals surface area contributed by atoms with Crippen molar-refractivity contribution >= 4 is 5.91 Å². The Morgan fingerprint density at radius 1 is 1.39 bits per heavy atom. The molecule has 1 fully saturated rings. The summed E-state index contributed by atoms with van der Waals surface area (Å²) in [6.45, 7) is 13.2. The van der Waals surface area contributed by atoms with Gasteiger partial charge in [-0.25, -0.2) is 0 Å². The summed E-state index contributed by atoms with van der Waals surface area (Å²) in [6, 6.07) is 0.658. The minimum atomic E-state index is 0.217. The zero-order valence-corrected chi connectivity index (χ0v) is 11.8. The number of piperidine rings is 1. The molecule has 4 nitrogen and oxygen atoms in total. The number of nitrogens with zero attached hydrogens (tertiary/aromatic N) is 2. The molecule has 4 heteroatoms. The lowest BCUT2D eigenvalue weighted by Crippen LogP contribution is -2.48. The molecule has 0 radical (unpaired) electrons. The van der Waals surface area contributed by atoms with Gasteiger partial charge in [0.15, 0.2) is 0 Å². The fraction of sp³-hybridized carbons (Fsp3) is 0.786. The second kappa shape index (κ2) is 8.27. The van der Waals surface area contributed by atoms with Crippen molar-refractivity contribution in [2.45, 2.75) is 32.7 Å². The second-order valence-corrected chi connectivity index (χ2v) is 4.75. The van der Waals surface area contributed by atoms with Crippen LogP contribution >= 0.6 is 0 Å². The largest absolute Gasteiger partial charge is 0.341 e. The quantitative estimate of drug-likeness (QED) is 0.545. The van der Waals surface area contributed by atoms with Gasteiger partial charge in [-0.3, -0.25) is 4.79 Å². The van der Waals surface area contributed by atoms with Crippen molar-refractivity contribution in [3.8, 4) is 0 Å². The molecule has 0 saturated carbocycles. The van der Waals surface area contributed by atoms with E-state index < -0.39 is 0 Å². The third kappa shape index (κ3) is 4.42. The average molecular weight is 253 g/mol. The first-order chi connectivity index (χ1) is 8.72. The lowest BCUT2D eigenvalue weighted by Gasteiger charge is -2.37. The van der Waals surface area contributed by atoms with Crippen LogP contribution in [0.5, 0.6) is 0 Å². The Morgan fingerprint density at radius 3 is 2.50 bits per heavy atom. The molecule has 0 spiro atoms. The molecular weight excluding hydrogens is 226 g/mol. The van der Waals surface area contributed by atoms with E-state index >= 15 is 0 Å². The van der Waals surface area contributed by atoms with E-state index in [1.54, 1.807) is 6.08 Å². The Kier molecular flexibility index (Phi) is 6.98. The Balaban J connectivity index is 2.29. The van der Waals surface area contributed by atoms with Crippen LogP contribution in [0, 0.1) is 0 Å². The van der Waals surface area contributed by atoms with Crippen LogP contribution in [0.1, 0.15) is 26.7 Å². The van der Waals surface area contributed by atoms with Crippen LogP contribution in [0.25, 0.3) is 0 Å². The second-order valence-electron chi connectivity index (χ2n) is 4.75. The van der Waals surface area contributed by atoms with E-state index in [2.05, 4.69) is 30.6 Å². The maximum atomic E-state index is 11.9. The summed E-state index contributed by atoms with van der Waals surface area (Å²) >= 11 is 0. The standard InChI is InChI=1S/C14H27N3O/c1-4-9-15-12-14(18)17-10-7-13(8-11-17)16(5-2)6-3/h4,13,15H,1,5-12H2,2-3H3. The number of hydrogen-bond donors (Lipinski definition) is 1. The molecule has 0 aromatic heterocycles. The van der Waals surface area contributed by atoms with E-state index in [4.69, 9.17) is 0 Å². The first-order valence-corrected chi connectivity index (χ1v) is 7.06. The number of amides is 1. The highest BCUT2D eigenvalue weighted by Gasteiger charge is 2.24. The molecule has 1 aliphatic rings. The Labute approximate surface area is 111 Å². The van der Waals surface area contributed by atoms with Gasteiger partial charge in [0.1, 0.15) is 0 Å². The van der Waals surface area contributed by atoms with Gasteiger partial charge in [0.05, 0.1) is 6.54 Å². The minimum Gasteiger partial charge on any atom is -0.341 e. The Morgan fingerprint density at radius 2 is 2.00 bits per heavy atom. The molecule has 18 heavy (non-hydrogen) atoms. The van der Waals surface area contributed by atoms with Gasteiger partial charge in [0.25, 0.3) is 0 Å². The van der Waals surface area contributed by atoms with Gasteiger partial charge in [-0.2, -0.15) is 0 Å². The Bertz CT molecular complexity index is 256. The number of carbonyl (C=O) groups is 1. The summed E-state index contributed by atoms with van der Waals surface area (Å²) in [7, 11) is 0. The van der Waals surface area contributed by atoms with Crippen LogP contribution in [0.2, 0.25) is 0 Å². The van der Waals surface area contributed by atoms with Crippen molar-refractivity contribution in [3.05, 3.63) is 12.7 Å². The number of carbonyl (C=O) groups excluding carboxylic acids is 1. The van der Waals surface area contributed by atoms with E-state index in [1.807, 2.05) is 4.90 Å². The van der Waals surface area contributed by atoms with Gasteiger partial charge < -0.3 is 15.1 Å². The third-order valence-electron chi connectivity index (χ3n) is 3.71. The van der Waals surface area contributed by atoms with Crippen LogP contribution in [0.4, 0.5) is 0 Å². The summed E-state index contributed by atoms with van der Waals surface area (Å²) in [6.07, 6.45) is 3.99. The van der Waals surface area contributed by atoms with Crippen molar-refractivity contribution in [3.63, 3.8) is 0 Å². The lowest BCUT2D eigenvalue weighted by molar-refractivity contribution is -0.131. The van der Waals surface area contributed by atoms with Crippen molar-refractivity contribution in [2.24, 2.45) is 0 Å². The number of rotatable bonds is 7. The minimum absolute atomic E-state index is 0.217. The lowest BCUT2D eigenvalue weighted by atomic mass is 10.0. The topological polar surface area (TPSA) is 35.6 Å². The van der Waals surface area contributed by atoms with Gasteiger partial charge in [-0.05, 0) is 25.9 Å². The van der Waals surface area contributed by atoms with Gasteiger partial charge in [0, 0.05) is 25.7 Å². The molecule has 104 valence electrons. The van der Waals surface area contributed by atoms with Crippen LogP contribution in [0.15, 0.2) is 12.7 Å². The molecule has 1 N–H and O–H groups in total. The van der Waals surface area contributed by atoms with Crippen LogP contribution in [-0.2, 0) is 4.79 Å². The molecule has 0 aromatic rings. The maximum absolute atomic E-state index is 11.9. The molecule has 1 heterocycles. The first kappa shape index (κ1) is 15.2. The maximum Gasteiger partial charge on any atom is 0.236 e. The molecule has 1 aliphatic heterocycles. The zero-order valence-electron chi connectivity index (χ0n) is 11.8. The van der Waals surface area contributed by atoms with E-state index in [1.165, 1.54) is 0 Å². The van der Waals surface area contributed by atoms with Crippen molar-refractivity contribution in [2.75, 3.05) is 39.3 Å². The molecule has 1 rings (SSSR count). The summed E-state index contributed by atoms with van der Waals surface area (Å²) in [5, 5.41) is 3.07. The molecule has 0 unspecified atom stereocenters. The predicted octanol–water partition coefficient (Wildman–Crippen LogP) is 1.09. The molecular formula is C14H27N3O. The fourth-order valence-corrected chi connectivity index (χ4v) is 2.61.